The van der Waals surface area contributed by atoms with E-state index < -0.39 is 0 Å². The molecule has 2 N–H and O–H groups in total. The SMILES string of the molecule is CCCn1ncnc1CSc1ccccc1N. The molecule has 17 heavy (non-hydrogen) atoms. The van der Waals surface area contributed by atoms with Crippen LogP contribution in [0, 0.1) is 0 Å². The van der Waals surface area contributed by atoms with E-state index in [1.165, 1.54) is 0 Å². The molecule has 90 valence electrons. The van der Waals surface area contributed by atoms with E-state index in [2.05, 4.69) is 17.0 Å². The van der Waals surface area contributed by atoms with Crippen LogP contribution in [0.5, 0.6) is 0 Å². The maximum atomic E-state index is 5.89. The fraction of sp³-hybridized carbons (Fsp3) is 0.333. The lowest BCUT2D eigenvalue weighted by Gasteiger charge is -2.06. The van der Waals surface area contributed by atoms with Crippen molar-refractivity contribution in [2.45, 2.75) is 30.5 Å². The average Bonchev–Trinajstić information content (AvgIpc) is 2.76. The lowest BCUT2D eigenvalue weighted by atomic mass is 10.3. The summed E-state index contributed by atoms with van der Waals surface area (Å²) < 4.78 is 1.95. The van der Waals surface area contributed by atoms with E-state index >= 15 is 0 Å². The molecule has 0 saturated heterocycles. The predicted octanol–water partition coefficient (Wildman–Crippen LogP) is 2.56. The first-order valence-electron chi connectivity index (χ1n) is 5.65. The normalized spacial score (nSPS) is 10.6. The molecule has 0 radical (unpaired) electrons. The van der Waals surface area contributed by atoms with Crippen molar-refractivity contribution in [1.29, 1.82) is 0 Å². The Hall–Kier alpha value is -1.49. The molecular formula is C12H16N4S. The molecule has 0 bridgehead atoms. The highest BCUT2D eigenvalue weighted by Gasteiger charge is 2.05. The number of hydrogen-bond donors (Lipinski definition) is 1. The minimum Gasteiger partial charge on any atom is -0.398 e. The third-order valence-corrected chi connectivity index (χ3v) is 3.49. The third kappa shape index (κ3) is 3.00. The van der Waals surface area contributed by atoms with Crippen LogP contribution >= 0.6 is 11.8 Å². The zero-order chi connectivity index (χ0) is 12.1. The van der Waals surface area contributed by atoms with Crippen LogP contribution in [0.1, 0.15) is 19.2 Å². The van der Waals surface area contributed by atoms with Gasteiger partial charge in [0, 0.05) is 17.1 Å². The lowest BCUT2D eigenvalue weighted by Crippen LogP contribution is -2.04. The smallest absolute Gasteiger partial charge is 0.138 e. The van der Waals surface area contributed by atoms with Crippen LogP contribution in [0.15, 0.2) is 35.5 Å². The van der Waals surface area contributed by atoms with Crippen LogP contribution in [0.25, 0.3) is 0 Å². The van der Waals surface area contributed by atoms with Gasteiger partial charge in [0.15, 0.2) is 0 Å². The average molecular weight is 248 g/mol. The summed E-state index contributed by atoms with van der Waals surface area (Å²) in [5.74, 6) is 1.80. The first-order chi connectivity index (χ1) is 8.31. The zero-order valence-electron chi connectivity index (χ0n) is 9.84. The van der Waals surface area contributed by atoms with Gasteiger partial charge in [0.05, 0.1) is 5.75 Å². The molecular weight excluding hydrogens is 232 g/mol. The Morgan fingerprint density at radius 1 is 1.35 bits per heavy atom. The number of benzene rings is 1. The van der Waals surface area contributed by atoms with Crippen LogP contribution in [-0.2, 0) is 12.3 Å². The van der Waals surface area contributed by atoms with Crippen molar-refractivity contribution in [2.24, 2.45) is 0 Å². The number of nitrogen functional groups attached to an aromatic ring is 1. The van der Waals surface area contributed by atoms with Crippen molar-refractivity contribution in [1.82, 2.24) is 14.8 Å². The topological polar surface area (TPSA) is 56.7 Å². The van der Waals surface area contributed by atoms with E-state index in [0.717, 1.165) is 35.1 Å². The van der Waals surface area contributed by atoms with Gasteiger partial charge in [-0.1, -0.05) is 19.1 Å². The van der Waals surface area contributed by atoms with Crippen LogP contribution in [0.4, 0.5) is 5.69 Å². The van der Waals surface area contributed by atoms with E-state index in [9.17, 15) is 0 Å². The summed E-state index contributed by atoms with van der Waals surface area (Å²) in [6, 6.07) is 7.88. The number of aryl methyl sites for hydroxylation is 1. The highest BCUT2D eigenvalue weighted by atomic mass is 32.2. The predicted molar refractivity (Wildman–Crippen MR) is 70.7 cm³/mol. The molecule has 2 rings (SSSR count). The summed E-state index contributed by atoms with van der Waals surface area (Å²) in [5, 5.41) is 4.20. The molecule has 0 amide bonds. The maximum Gasteiger partial charge on any atom is 0.138 e. The molecule has 0 aliphatic carbocycles. The summed E-state index contributed by atoms with van der Waals surface area (Å²) in [5.41, 5.74) is 6.71. The van der Waals surface area contributed by atoms with Crippen molar-refractivity contribution in [3.63, 3.8) is 0 Å². The van der Waals surface area contributed by atoms with Gasteiger partial charge in [-0.15, -0.1) is 11.8 Å². The summed E-state index contributed by atoms with van der Waals surface area (Å²) in [6.45, 7) is 3.05. The monoisotopic (exact) mass is 248 g/mol. The minimum absolute atomic E-state index is 0.800. The van der Waals surface area contributed by atoms with Crippen molar-refractivity contribution < 1.29 is 0 Å². The second-order valence-corrected chi connectivity index (χ2v) is 4.74. The summed E-state index contributed by atoms with van der Waals surface area (Å²) >= 11 is 1.70. The molecule has 0 unspecified atom stereocenters. The molecule has 5 heteroatoms. The van der Waals surface area contributed by atoms with Gasteiger partial charge in [0.1, 0.15) is 12.2 Å². The molecule has 0 fully saturated rings. The van der Waals surface area contributed by atoms with Gasteiger partial charge in [0.2, 0.25) is 0 Å². The number of para-hydroxylation sites is 1. The highest BCUT2D eigenvalue weighted by Crippen LogP contribution is 2.26. The van der Waals surface area contributed by atoms with Gasteiger partial charge < -0.3 is 5.73 Å². The standard InChI is InChI=1S/C12H16N4S/c1-2-7-16-12(14-9-15-16)8-17-11-6-4-3-5-10(11)13/h3-6,9H,2,7-8,13H2,1H3. The summed E-state index contributed by atoms with van der Waals surface area (Å²) in [6.07, 6.45) is 2.68. The van der Waals surface area contributed by atoms with E-state index in [0.29, 0.717) is 0 Å². The first-order valence-corrected chi connectivity index (χ1v) is 6.63. The molecule has 4 nitrogen and oxygen atoms in total. The molecule has 2 aromatic rings. The van der Waals surface area contributed by atoms with Crippen molar-refractivity contribution in [3.05, 3.63) is 36.4 Å². The van der Waals surface area contributed by atoms with Gasteiger partial charge in [-0.2, -0.15) is 5.10 Å². The Morgan fingerprint density at radius 2 is 2.18 bits per heavy atom. The maximum absolute atomic E-state index is 5.89. The van der Waals surface area contributed by atoms with Gasteiger partial charge in [-0.25, -0.2) is 9.67 Å². The largest absolute Gasteiger partial charge is 0.398 e. The van der Waals surface area contributed by atoms with Crippen LogP contribution in [-0.4, -0.2) is 14.8 Å². The fourth-order valence-corrected chi connectivity index (χ4v) is 2.47. The van der Waals surface area contributed by atoms with Crippen molar-refractivity contribution >= 4 is 17.4 Å². The molecule has 1 aromatic heterocycles. The summed E-state index contributed by atoms with van der Waals surface area (Å²) in [4.78, 5) is 5.37. The van der Waals surface area contributed by atoms with Crippen molar-refractivity contribution in [2.75, 3.05) is 5.73 Å². The minimum atomic E-state index is 0.800. The van der Waals surface area contributed by atoms with Gasteiger partial charge in [-0.05, 0) is 18.6 Å². The third-order valence-electron chi connectivity index (χ3n) is 2.41. The number of nitrogens with two attached hydrogens (primary N) is 1. The fourth-order valence-electron chi connectivity index (χ4n) is 1.55. The number of thioether (sulfide) groups is 1. The number of nitrogens with zero attached hydrogens (tertiary/aromatic N) is 3. The number of aromatic nitrogens is 3. The van der Waals surface area contributed by atoms with Gasteiger partial charge in [0.25, 0.3) is 0 Å². The highest BCUT2D eigenvalue weighted by molar-refractivity contribution is 7.98. The number of rotatable bonds is 5. The molecule has 0 aliphatic rings. The molecule has 0 aliphatic heterocycles. The molecule has 0 spiro atoms. The second-order valence-electron chi connectivity index (χ2n) is 3.73. The Kier molecular flexibility index (Phi) is 4.03. The van der Waals surface area contributed by atoms with Gasteiger partial charge >= 0.3 is 0 Å². The number of anilines is 1. The van der Waals surface area contributed by atoms with Crippen molar-refractivity contribution in [3.8, 4) is 0 Å². The quantitative estimate of drug-likeness (QED) is 0.652. The molecule has 0 saturated carbocycles. The molecule has 0 atom stereocenters. The zero-order valence-corrected chi connectivity index (χ0v) is 10.7. The van der Waals surface area contributed by atoms with E-state index in [1.807, 2.05) is 28.9 Å². The Bertz CT molecular complexity index is 481. The van der Waals surface area contributed by atoms with Gasteiger partial charge in [-0.3, -0.25) is 0 Å². The molecule has 1 aromatic carbocycles. The summed E-state index contributed by atoms with van der Waals surface area (Å²) in [7, 11) is 0. The molecule has 1 heterocycles. The lowest BCUT2D eigenvalue weighted by molar-refractivity contribution is 0.581. The van der Waals surface area contributed by atoms with Crippen LogP contribution in [0.2, 0.25) is 0 Å². The van der Waals surface area contributed by atoms with E-state index in [1.54, 1.807) is 18.1 Å². The Morgan fingerprint density at radius 3 is 2.94 bits per heavy atom. The second kappa shape index (κ2) is 5.72. The Balaban J connectivity index is 2.02. The van der Waals surface area contributed by atoms with E-state index in [-0.39, 0.29) is 0 Å². The van der Waals surface area contributed by atoms with Crippen LogP contribution < -0.4 is 5.73 Å². The Labute approximate surface area is 105 Å². The van der Waals surface area contributed by atoms with Crippen LogP contribution in [0.3, 0.4) is 0 Å². The first kappa shape index (κ1) is 12.0. The number of hydrogen-bond acceptors (Lipinski definition) is 4. The van der Waals surface area contributed by atoms with E-state index in [4.69, 9.17) is 5.73 Å².